The quantitative estimate of drug-likeness (QED) is 0.574. The normalized spacial score (nSPS) is 24.3. The third-order valence-corrected chi connectivity index (χ3v) is 6.97. The summed E-state index contributed by atoms with van der Waals surface area (Å²) in [5, 5.41) is 9.25. The van der Waals surface area contributed by atoms with E-state index in [2.05, 4.69) is 16.0 Å². The Bertz CT molecular complexity index is 1060. The SMILES string of the molecule is CCCC1NC[C@@H](C)Oc2ccccc2CCCNC(=O)[C@@H](Cc2ccccc2)NC(=O)[C@@H](C)N(C)C1=O. The molecular formula is C30H42N4O4. The highest BCUT2D eigenvalue weighted by Gasteiger charge is 2.31. The predicted octanol–water partition coefficient (Wildman–Crippen LogP) is 2.85. The van der Waals surface area contributed by atoms with Crippen LogP contribution in [-0.4, -0.2) is 67.0 Å². The van der Waals surface area contributed by atoms with E-state index in [0.29, 0.717) is 25.9 Å². The van der Waals surface area contributed by atoms with Gasteiger partial charge < -0.3 is 25.6 Å². The summed E-state index contributed by atoms with van der Waals surface area (Å²) in [7, 11) is 1.64. The van der Waals surface area contributed by atoms with Gasteiger partial charge in [-0.1, -0.05) is 61.9 Å². The molecule has 0 saturated carbocycles. The van der Waals surface area contributed by atoms with E-state index < -0.39 is 18.1 Å². The number of likely N-dealkylation sites (N-methyl/N-ethyl adjacent to an activating group) is 1. The van der Waals surface area contributed by atoms with E-state index in [1.54, 1.807) is 14.0 Å². The number of benzene rings is 2. The lowest BCUT2D eigenvalue weighted by Gasteiger charge is -2.30. The van der Waals surface area contributed by atoms with E-state index in [1.165, 1.54) is 4.90 Å². The fraction of sp³-hybridized carbons (Fsp3) is 0.500. The van der Waals surface area contributed by atoms with Gasteiger partial charge in [0.1, 0.15) is 23.9 Å². The first kappa shape index (κ1) is 29.2. The summed E-state index contributed by atoms with van der Waals surface area (Å²) in [5.74, 6) is 0.0481. The molecule has 1 unspecified atom stereocenters. The van der Waals surface area contributed by atoms with Crippen molar-refractivity contribution in [1.82, 2.24) is 20.9 Å². The van der Waals surface area contributed by atoms with Crippen LogP contribution in [0.1, 0.15) is 51.2 Å². The molecular weight excluding hydrogens is 480 g/mol. The first-order valence-electron chi connectivity index (χ1n) is 13.7. The minimum absolute atomic E-state index is 0.160. The standard InChI is InChI=1S/C30H42N4O4/c1-5-12-25-30(37)34(4)22(3)28(35)33-26(19-23-13-7-6-8-14-23)29(36)31-18-11-16-24-15-9-10-17-27(24)38-21(2)20-32-25/h6-10,13-15,17,21-22,25-26,32H,5,11-12,16,18-20H2,1-4H3,(H,31,36)(H,33,35)/t21-,22-,25?,26-/m1/s1. The van der Waals surface area contributed by atoms with Crippen LogP contribution in [0.4, 0.5) is 0 Å². The highest BCUT2D eigenvalue weighted by Crippen LogP contribution is 2.21. The fourth-order valence-corrected chi connectivity index (χ4v) is 4.57. The fourth-order valence-electron chi connectivity index (χ4n) is 4.57. The van der Waals surface area contributed by atoms with Crippen LogP contribution in [0.2, 0.25) is 0 Å². The first-order chi connectivity index (χ1) is 18.3. The Balaban J connectivity index is 1.85. The smallest absolute Gasteiger partial charge is 0.243 e. The first-order valence-corrected chi connectivity index (χ1v) is 13.7. The van der Waals surface area contributed by atoms with Gasteiger partial charge in [0.15, 0.2) is 0 Å². The van der Waals surface area contributed by atoms with Crippen molar-refractivity contribution in [2.45, 2.75) is 77.1 Å². The van der Waals surface area contributed by atoms with Crippen LogP contribution in [0.3, 0.4) is 0 Å². The van der Waals surface area contributed by atoms with E-state index in [-0.39, 0.29) is 23.8 Å². The number of fused-ring (bicyclic) bond motifs is 1. The molecule has 8 nitrogen and oxygen atoms in total. The van der Waals surface area contributed by atoms with Gasteiger partial charge in [-0.3, -0.25) is 14.4 Å². The molecule has 3 amide bonds. The molecule has 0 bridgehead atoms. The Labute approximate surface area is 226 Å². The maximum absolute atomic E-state index is 13.4. The van der Waals surface area contributed by atoms with Crippen molar-refractivity contribution < 1.29 is 19.1 Å². The zero-order valence-corrected chi connectivity index (χ0v) is 23.0. The molecule has 0 aliphatic carbocycles. The monoisotopic (exact) mass is 522 g/mol. The summed E-state index contributed by atoms with van der Waals surface area (Å²) in [6.45, 7) is 6.66. The molecule has 1 heterocycles. The number of carbonyl (C=O) groups is 3. The summed E-state index contributed by atoms with van der Waals surface area (Å²) in [6, 6.07) is 15.6. The van der Waals surface area contributed by atoms with Crippen LogP contribution in [0.5, 0.6) is 5.75 Å². The molecule has 1 aliphatic rings. The van der Waals surface area contributed by atoms with E-state index in [1.807, 2.05) is 68.4 Å². The second-order valence-corrected chi connectivity index (χ2v) is 10.1. The molecule has 0 aromatic heterocycles. The maximum Gasteiger partial charge on any atom is 0.243 e. The number of rotatable bonds is 4. The highest BCUT2D eigenvalue weighted by molar-refractivity contribution is 5.92. The molecule has 8 heteroatoms. The van der Waals surface area contributed by atoms with E-state index in [4.69, 9.17) is 4.74 Å². The van der Waals surface area contributed by atoms with Crippen molar-refractivity contribution in [2.75, 3.05) is 20.1 Å². The Morgan fingerprint density at radius 3 is 2.39 bits per heavy atom. The largest absolute Gasteiger partial charge is 0.489 e. The van der Waals surface area contributed by atoms with E-state index in [0.717, 1.165) is 36.1 Å². The molecule has 38 heavy (non-hydrogen) atoms. The lowest BCUT2D eigenvalue weighted by atomic mass is 10.0. The van der Waals surface area contributed by atoms with Crippen molar-refractivity contribution in [2.24, 2.45) is 0 Å². The summed E-state index contributed by atoms with van der Waals surface area (Å²) in [6.07, 6.45) is 3.13. The van der Waals surface area contributed by atoms with Gasteiger partial charge in [0, 0.05) is 26.6 Å². The van der Waals surface area contributed by atoms with Crippen molar-refractivity contribution in [3.63, 3.8) is 0 Å². The van der Waals surface area contributed by atoms with Gasteiger partial charge in [-0.05, 0) is 50.3 Å². The summed E-state index contributed by atoms with van der Waals surface area (Å²) < 4.78 is 6.23. The number of hydrogen-bond acceptors (Lipinski definition) is 5. The number of carbonyl (C=O) groups excluding carboxylic acids is 3. The molecule has 0 fully saturated rings. The third-order valence-electron chi connectivity index (χ3n) is 6.97. The molecule has 0 radical (unpaired) electrons. The average Bonchev–Trinajstić information content (AvgIpc) is 2.92. The Kier molecular flexibility index (Phi) is 11.1. The van der Waals surface area contributed by atoms with E-state index in [9.17, 15) is 14.4 Å². The van der Waals surface area contributed by atoms with Gasteiger partial charge in [0.05, 0.1) is 6.04 Å². The highest BCUT2D eigenvalue weighted by atomic mass is 16.5. The van der Waals surface area contributed by atoms with Crippen LogP contribution in [-0.2, 0) is 27.2 Å². The lowest BCUT2D eigenvalue weighted by Crippen LogP contribution is -2.56. The third kappa shape index (κ3) is 8.31. The van der Waals surface area contributed by atoms with E-state index >= 15 is 0 Å². The molecule has 0 spiro atoms. The summed E-state index contributed by atoms with van der Waals surface area (Å²) in [5.41, 5.74) is 2.01. The summed E-state index contributed by atoms with van der Waals surface area (Å²) >= 11 is 0. The zero-order valence-electron chi connectivity index (χ0n) is 23.0. The Hall–Kier alpha value is -3.39. The topological polar surface area (TPSA) is 99.8 Å². The molecule has 3 rings (SSSR count). The maximum atomic E-state index is 13.4. The molecule has 2 aromatic rings. The van der Waals surface area contributed by atoms with Crippen molar-refractivity contribution in [3.05, 3.63) is 65.7 Å². The zero-order chi connectivity index (χ0) is 27.5. The second kappa shape index (κ2) is 14.5. The van der Waals surface area contributed by atoms with Crippen LogP contribution in [0, 0.1) is 0 Å². The van der Waals surface area contributed by atoms with Gasteiger partial charge in [-0.15, -0.1) is 0 Å². The molecule has 1 aliphatic heterocycles. The minimum Gasteiger partial charge on any atom is -0.489 e. The number of para-hydroxylation sites is 1. The minimum atomic E-state index is -0.754. The van der Waals surface area contributed by atoms with Crippen molar-refractivity contribution >= 4 is 17.7 Å². The molecule has 3 N–H and O–H groups in total. The van der Waals surface area contributed by atoms with Gasteiger partial charge >= 0.3 is 0 Å². The molecule has 4 atom stereocenters. The number of hydrogen-bond donors (Lipinski definition) is 3. The molecule has 206 valence electrons. The summed E-state index contributed by atoms with van der Waals surface area (Å²) in [4.78, 5) is 41.3. The number of nitrogens with one attached hydrogen (secondary N) is 3. The van der Waals surface area contributed by atoms with Crippen molar-refractivity contribution in [3.8, 4) is 5.75 Å². The predicted molar refractivity (Wildman–Crippen MR) is 149 cm³/mol. The Morgan fingerprint density at radius 2 is 1.66 bits per heavy atom. The lowest BCUT2D eigenvalue weighted by molar-refractivity contribution is -0.141. The number of amides is 3. The van der Waals surface area contributed by atoms with Crippen molar-refractivity contribution in [1.29, 1.82) is 0 Å². The van der Waals surface area contributed by atoms with Gasteiger partial charge in [-0.2, -0.15) is 0 Å². The second-order valence-electron chi connectivity index (χ2n) is 10.1. The van der Waals surface area contributed by atoms with Gasteiger partial charge in [0.2, 0.25) is 17.7 Å². The number of ether oxygens (including phenoxy) is 1. The average molecular weight is 523 g/mol. The van der Waals surface area contributed by atoms with Crippen LogP contribution in [0.25, 0.3) is 0 Å². The molecule has 0 saturated heterocycles. The Morgan fingerprint density at radius 1 is 0.947 bits per heavy atom. The van der Waals surface area contributed by atoms with Crippen LogP contribution >= 0.6 is 0 Å². The number of aryl methyl sites for hydroxylation is 1. The number of nitrogens with zero attached hydrogens (tertiary/aromatic N) is 1. The molecule has 2 aromatic carbocycles. The van der Waals surface area contributed by atoms with Crippen LogP contribution in [0.15, 0.2) is 54.6 Å². The van der Waals surface area contributed by atoms with Crippen LogP contribution < -0.4 is 20.7 Å². The van der Waals surface area contributed by atoms with Gasteiger partial charge in [-0.25, -0.2) is 0 Å². The van der Waals surface area contributed by atoms with Gasteiger partial charge in [0.25, 0.3) is 0 Å².